The number of fused-ring (bicyclic) bond motifs is 1. The van der Waals surface area contributed by atoms with Crippen LogP contribution in [0.3, 0.4) is 0 Å². The summed E-state index contributed by atoms with van der Waals surface area (Å²) in [7, 11) is 1.57. The summed E-state index contributed by atoms with van der Waals surface area (Å²) in [4.78, 5) is 4.39. The van der Waals surface area contributed by atoms with E-state index < -0.39 is 0 Å². The molecule has 0 amide bonds. The first-order valence-corrected chi connectivity index (χ1v) is 5.28. The molecule has 1 aromatic carbocycles. The Kier molecular flexibility index (Phi) is 3.27. The Hall–Kier alpha value is -1.32. The zero-order valence-electron chi connectivity index (χ0n) is 9.16. The first kappa shape index (κ1) is 11.2. The van der Waals surface area contributed by atoms with E-state index in [1.807, 2.05) is 31.2 Å². The number of nitrogens with zero attached hydrogens (tertiary/aromatic N) is 1. The number of aromatic nitrogens is 1. The van der Waals surface area contributed by atoms with Gasteiger partial charge in [-0.3, -0.25) is 4.98 Å². The van der Waals surface area contributed by atoms with E-state index in [9.17, 15) is 0 Å². The zero-order valence-corrected chi connectivity index (χ0v) is 9.91. The van der Waals surface area contributed by atoms with Crippen molar-refractivity contribution in [1.82, 2.24) is 4.98 Å². The molecule has 0 bridgehead atoms. The van der Waals surface area contributed by atoms with Crippen molar-refractivity contribution in [2.24, 2.45) is 0 Å². The molecule has 2 rings (SSSR count). The van der Waals surface area contributed by atoms with E-state index in [1.165, 1.54) is 0 Å². The van der Waals surface area contributed by atoms with Crippen molar-refractivity contribution in [2.45, 2.75) is 6.92 Å². The smallest absolute Gasteiger partial charge is 0.188 e. The van der Waals surface area contributed by atoms with Crippen LogP contribution in [0.2, 0.25) is 5.02 Å². The molecule has 4 heteroatoms. The van der Waals surface area contributed by atoms with Crippen LogP contribution >= 0.6 is 11.6 Å². The molecule has 0 fully saturated rings. The molecule has 2 aromatic rings. The van der Waals surface area contributed by atoms with E-state index in [0.717, 1.165) is 16.6 Å². The SMILES string of the molecule is COCOc1ccc2ccc(C)nc2c1Cl. The van der Waals surface area contributed by atoms with Gasteiger partial charge in [0.2, 0.25) is 0 Å². The summed E-state index contributed by atoms with van der Waals surface area (Å²) in [5.74, 6) is 0.592. The van der Waals surface area contributed by atoms with Crippen molar-refractivity contribution >= 4 is 22.5 Å². The van der Waals surface area contributed by atoms with Gasteiger partial charge in [0.25, 0.3) is 0 Å². The molecule has 1 aromatic heterocycles. The van der Waals surface area contributed by atoms with Gasteiger partial charge in [-0.2, -0.15) is 0 Å². The Balaban J connectivity index is 2.50. The number of benzene rings is 1. The number of hydrogen-bond acceptors (Lipinski definition) is 3. The van der Waals surface area contributed by atoms with Gasteiger partial charge >= 0.3 is 0 Å². The van der Waals surface area contributed by atoms with Crippen LogP contribution in [-0.4, -0.2) is 18.9 Å². The van der Waals surface area contributed by atoms with Crippen molar-refractivity contribution in [3.63, 3.8) is 0 Å². The number of rotatable bonds is 3. The van der Waals surface area contributed by atoms with Crippen LogP contribution in [0, 0.1) is 6.92 Å². The maximum Gasteiger partial charge on any atom is 0.188 e. The third kappa shape index (κ3) is 2.10. The molecular formula is C12H12ClNO2. The number of hydrogen-bond donors (Lipinski definition) is 0. The Labute approximate surface area is 99.0 Å². The van der Waals surface area contributed by atoms with Crippen LogP contribution in [-0.2, 0) is 4.74 Å². The van der Waals surface area contributed by atoms with E-state index in [-0.39, 0.29) is 6.79 Å². The quantitative estimate of drug-likeness (QED) is 0.769. The van der Waals surface area contributed by atoms with Crippen molar-refractivity contribution in [3.8, 4) is 5.75 Å². The molecule has 0 spiro atoms. The molecule has 0 N–H and O–H groups in total. The van der Waals surface area contributed by atoms with E-state index in [0.29, 0.717) is 10.8 Å². The van der Waals surface area contributed by atoms with E-state index in [1.54, 1.807) is 7.11 Å². The molecule has 0 radical (unpaired) electrons. The minimum absolute atomic E-state index is 0.178. The van der Waals surface area contributed by atoms with Crippen LogP contribution in [0.1, 0.15) is 5.69 Å². The topological polar surface area (TPSA) is 31.4 Å². The number of methoxy groups -OCH3 is 1. The monoisotopic (exact) mass is 237 g/mol. The number of pyridine rings is 1. The van der Waals surface area contributed by atoms with Crippen molar-refractivity contribution in [1.29, 1.82) is 0 Å². The van der Waals surface area contributed by atoms with Gasteiger partial charge in [-0.15, -0.1) is 0 Å². The normalized spacial score (nSPS) is 10.7. The lowest BCUT2D eigenvalue weighted by Crippen LogP contribution is -1.99. The van der Waals surface area contributed by atoms with Gasteiger partial charge in [-0.25, -0.2) is 0 Å². The maximum absolute atomic E-state index is 6.21. The molecule has 16 heavy (non-hydrogen) atoms. The Morgan fingerprint density at radius 3 is 2.75 bits per heavy atom. The summed E-state index contributed by atoms with van der Waals surface area (Å²) < 4.78 is 10.2. The standard InChI is InChI=1S/C12H12ClNO2/c1-8-3-4-9-5-6-10(16-7-15-2)11(13)12(9)14-8/h3-6H,7H2,1-2H3. The van der Waals surface area contributed by atoms with E-state index in [2.05, 4.69) is 4.98 Å². The summed E-state index contributed by atoms with van der Waals surface area (Å²) in [5.41, 5.74) is 1.69. The van der Waals surface area contributed by atoms with Gasteiger partial charge in [-0.1, -0.05) is 17.7 Å². The molecule has 0 unspecified atom stereocenters. The second kappa shape index (κ2) is 4.68. The molecule has 3 nitrogen and oxygen atoms in total. The number of halogens is 1. The summed E-state index contributed by atoms with van der Waals surface area (Å²) >= 11 is 6.21. The van der Waals surface area contributed by atoms with Crippen LogP contribution in [0.25, 0.3) is 10.9 Å². The predicted molar refractivity (Wildman–Crippen MR) is 64.0 cm³/mol. The summed E-state index contributed by atoms with van der Waals surface area (Å²) in [6.45, 7) is 2.11. The minimum atomic E-state index is 0.178. The molecular weight excluding hydrogens is 226 g/mol. The highest BCUT2D eigenvalue weighted by molar-refractivity contribution is 6.36. The highest BCUT2D eigenvalue weighted by Crippen LogP contribution is 2.31. The van der Waals surface area contributed by atoms with Crippen molar-refractivity contribution < 1.29 is 9.47 Å². The molecule has 0 aliphatic heterocycles. The highest BCUT2D eigenvalue weighted by atomic mass is 35.5. The Morgan fingerprint density at radius 1 is 1.25 bits per heavy atom. The average Bonchev–Trinajstić information content (AvgIpc) is 2.29. The fourth-order valence-electron chi connectivity index (χ4n) is 1.47. The summed E-state index contributed by atoms with van der Waals surface area (Å²) in [5, 5.41) is 1.53. The minimum Gasteiger partial charge on any atom is -0.466 e. The average molecular weight is 238 g/mol. The highest BCUT2D eigenvalue weighted by Gasteiger charge is 2.07. The predicted octanol–water partition coefficient (Wildman–Crippen LogP) is 3.18. The number of ether oxygens (including phenoxy) is 2. The van der Waals surface area contributed by atoms with Crippen LogP contribution < -0.4 is 4.74 Å². The van der Waals surface area contributed by atoms with Gasteiger partial charge in [0, 0.05) is 18.2 Å². The Morgan fingerprint density at radius 2 is 2.00 bits per heavy atom. The third-order valence-corrected chi connectivity index (χ3v) is 2.60. The molecule has 0 aliphatic carbocycles. The molecule has 0 atom stereocenters. The third-order valence-electron chi connectivity index (χ3n) is 2.24. The largest absolute Gasteiger partial charge is 0.466 e. The lowest BCUT2D eigenvalue weighted by molar-refractivity contribution is 0.0513. The first-order valence-electron chi connectivity index (χ1n) is 4.90. The summed E-state index contributed by atoms with van der Waals surface area (Å²) in [6.07, 6.45) is 0. The first-order chi connectivity index (χ1) is 7.72. The van der Waals surface area contributed by atoms with Crippen LogP contribution in [0.4, 0.5) is 0 Å². The lowest BCUT2D eigenvalue weighted by atomic mass is 10.2. The van der Waals surface area contributed by atoms with E-state index >= 15 is 0 Å². The van der Waals surface area contributed by atoms with Crippen molar-refractivity contribution in [2.75, 3.05) is 13.9 Å². The van der Waals surface area contributed by atoms with Crippen molar-refractivity contribution in [3.05, 3.63) is 35.0 Å². The molecule has 1 heterocycles. The van der Waals surface area contributed by atoms with Crippen LogP contribution in [0.15, 0.2) is 24.3 Å². The molecule has 0 saturated heterocycles. The van der Waals surface area contributed by atoms with E-state index in [4.69, 9.17) is 21.1 Å². The molecule has 0 saturated carbocycles. The molecule has 84 valence electrons. The zero-order chi connectivity index (χ0) is 11.5. The van der Waals surface area contributed by atoms with Crippen LogP contribution in [0.5, 0.6) is 5.75 Å². The second-order valence-electron chi connectivity index (χ2n) is 3.45. The van der Waals surface area contributed by atoms with Gasteiger partial charge in [-0.05, 0) is 25.1 Å². The molecule has 0 aliphatic rings. The van der Waals surface area contributed by atoms with Gasteiger partial charge in [0.1, 0.15) is 10.8 Å². The lowest BCUT2D eigenvalue weighted by Gasteiger charge is -2.08. The number of aryl methyl sites for hydroxylation is 1. The van der Waals surface area contributed by atoms with Gasteiger partial charge in [0.05, 0.1) is 5.52 Å². The fraction of sp³-hybridized carbons (Fsp3) is 0.250. The Bertz CT molecular complexity index is 514. The van der Waals surface area contributed by atoms with Gasteiger partial charge in [0.15, 0.2) is 6.79 Å². The second-order valence-corrected chi connectivity index (χ2v) is 3.83. The fourth-order valence-corrected chi connectivity index (χ4v) is 1.74. The summed E-state index contributed by atoms with van der Waals surface area (Å²) in [6, 6.07) is 7.69. The maximum atomic E-state index is 6.21. The van der Waals surface area contributed by atoms with Gasteiger partial charge < -0.3 is 9.47 Å².